The molecule has 0 saturated heterocycles. The molecule has 0 fully saturated rings. The Morgan fingerprint density at radius 1 is 0.848 bits per heavy atom. The van der Waals surface area contributed by atoms with Crippen molar-refractivity contribution in [3.8, 4) is 5.75 Å². The van der Waals surface area contributed by atoms with E-state index in [0.717, 1.165) is 22.7 Å². The molecule has 0 radical (unpaired) electrons. The summed E-state index contributed by atoms with van der Waals surface area (Å²) in [5.41, 5.74) is 1.15. The average molecular weight is 646 g/mol. The minimum atomic E-state index is -4.30. The third-order valence-corrected chi connectivity index (χ3v) is 9.22. The number of ether oxygens (including phenoxy) is 1. The second-order valence-electron chi connectivity index (χ2n) is 10.7. The van der Waals surface area contributed by atoms with Crippen molar-refractivity contribution in [1.29, 1.82) is 0 Å². The van der Waals surface area contributed by atoms with E-state index in [0.29, 0.717) is 6.54 Å². The summed E-state index contributed by atoms with van der Waals surface area (Å²) in [5, 5.41) is 2.93. The average Bonchev–Trinajstić information content (AvgIpc) is 3.07. The number of halogens is 1. The van der Waals surface area contributed by atoms with Gasteiger partial charge in [-0.25, -0.2) is 12.8 Å². The van der Waals surface area contributed by atoms with Crippen LogP contribution in [-0.4, -0.2) is 50.9 Å². The molecule has 1 N–H and O–H groups in total. The van der Waals surface area contributed by atoms with Crippen molar-refractivity contribution in [2.45, 2.75) is 50.6 Å². The van der Waals surface area contributed by atoms with Crippen molar-refractivity contribution < 1.29 is 27.1 Å². The van der Waals surface area contributed by atoms with E-state index in [9.17, 15) is 18.0 Å². The van der Waals surface area contributed by atoms with Gasteiger partial charge in [0.05, 0.1) is 17.2 Å². The fraction of sp³-hybridized carbons (Fsp3) is 0.278. The summed E-state index contributed by atoms with van der Waals surface area (Å²) in [6.45, 7) is 3.53. The van der Waals surface area contributed by atoms with Gasteiger partial charge in [0.2, 0.25) is 11.8 Å². The SMILES string of the molecule is CCCCNC(=O)[C@@H](Cc1ccccc1)N(Cc1ccccc1F)C(=O)CN(c1ccccc1OCC)S(=O)(=O)c1ccccc1. The van der Waals surface area contributed by atoms with Crippen LogP contribution < -0.4 is 14.4 Å². The zero-order chi connectivity index (χ0) is 32.9. The van der Waals surface area contributed by atoms with Gasteiger partial charge >= 0.3 is 0 Å². The molecule has 0 bridgehead atoms. The highest BCUT2D eigenvalue weighted by Gasteiger charge is 2.35. The number of amides is 2. The lowest BCUT2D eigenvalue weighted by Crippen LogP contribution is -2.53. The Labute approximate surface area is 270 Å². The lowest BCUT2D eigenvalue weighted by atomic mass is 10.0. The normalized spacial score (nSPS) is 11.8. The molecule has 1 atom stereocenters. The predicted octanol–water partition coefficient (Wildman–Crippen LogP) is 5.98. The minimum Gasteiger partial charge on any atom is -0.492 e. The lowest BCUT2D eigenvalue weighted by molar-refractivity contribution is -0.140. The Hall–Kier alpha value is -4.70. The summed E-state index contributed by atoms with van der Waals surface area (Å²) in [4.78, 5) is 29.6. The van der Waals surface area contributed by atoms with E-state index in [4.69, 9.17) is 4.74 Å². The van der Waals surface area contributed by atoms with E-state index in [1.54, 1.807) is 67.6 Å². The lowest BCUT2D eigenvalue weighted by Gasteiger charge is -2.34. The number of nitrogens with one attached hydrogen (secondary N) is 1. The first-order chi connectivity index (χ1) is 22.3. The monoisotopic (exact) mass is 645 g/mol. The molecule has 0 saturated carbocycles. The number of para-hydroxylation sites is 2. The number of carbonyl (C=O) groups is 2. The number of nitrogens with zero attached hydrogens (tertiary/aromatic N) is 2. The molecule has 0 aromatic heterocycles. The molecule has 0 heterocycles. The van der Waals surface area contributed by atoms with Crippen molar-refractivity contribution in [3.05, 3.63) is 126 Å². The number of sulfonamides is 1. The van der Waals surface area contributed by atoms with Gasteiger partial charge in [-0.05, 0) is 49.2 Å². The number of benzene rings is 4. The Bertz CT molecular complexity index is 1690. The van der Waals surface area contributed by atoms with Crippen molar-refractivity contribution in [2.24, 2.45) is 0 Å². The van der Waals surface area contributed by atoms with E-state index < -0.39 is 40.2 Å². The van der Waals surface area contributed by atoms with Crippen LogP contribution in [0.15, 0.2) is 114 Å². The first-order valence-corrected chi connectivity index (χ1v) is 16.8. The molecule has 0 spiro atoms. The van der Waals surface area contributed by atoms with Crippen molar-refractivity contribution in [3.63, 3.8) is 0 Å². The van der Waals surface area contributed by atoms with E-state index in [1.807, 2.05) is 37.3 Å². The third-order valence-electron chi connectivity index (χ3n) is 7.44. The fourth-order valence-corrected chi connectivity index (χ4v) is 6.49. The summed E-state index contributed by atoms with van der Waals surface area (Å²) in [5.74, 6) is -1.36. The Morgan fingerprint density at radius 2 is 1.48 bits per heavy atom. The highest BCUT2D eigenvalue weighted by Crippen LogP contribution is 2.33. The largest absolute Gasteiger partial charge is 0.492 e. The molecular formula is C36H40FN3O5S. The Balaban J connectivity index is 1.82. The van der Waals surface area contributed by atoms with Gasteiger partial charge in [-0.1, -0.05) is 92.2 Å². The van der Waals surface area contributed by atoms with Gasteiger partial charge in [0, 0.05) is 25.1 Å². The van der Waals surface area contributed by atoms with Crippen LogP contribution in [0.4, 0.5) is 10.1 Å². The van der Waals surface area contributed by atoms with Crippen molar-refractivity contribution >= 4 is 27.5 Å². The number of unbranched alkanes of at least 4 members (excludes halogenated alkanes) is 1. The molecule has 2 amide bonds. The zero-order valence-electron chi connectivity index (χ0n) is 26.1. The van der Waals surface area contributed by atoms with Crippen LogP contribution in [-0.2, 0) is 32.6 Å². The summed E-state index contributed by atoms with van der Waals surface area (Å²) >= 11 is 0. The van der Waals surface area contributed by atoms with E-state index in [1.165, 1.54) is 23.1 Å². The molecule has 0 aliphatic rings. The van der Waals surface area contributed by atoms with Crippen LogP contribution in [0.25, 0.3) is 0 Å². The molecule has 10 heteroatoms. The maximum Gasteiger partial charge on any atom is 0.264 e. The van der Waals surface area contributed by atoms with Crippen LogP contribution in [0.2, 0.25) is 0 Å². The van der Waals surface area contributed by atoms with Gasteiger partial charge in [0.15, 0.2) is 0 Å². The van der Waals surface area contributed by atoms with Crippen molar-refractivity contribution in [1.82, 2.24) is 10.2 Å². The highest BCUT2D eigenvalue weighted by molar-refractivity contribution is 7.92. The maximum absolute atomic E-state index is 15.1. The molecule has 0 aliphatic carbocycles. The Morgan fingerprint density at radius 3 is 2.15 bits per heavy atom. The second kappa shape index (κ2) is 16.6. The zero-order valence-corrected chi connectivity index (χ0v) is 27.0. The van der Waals surface area contributed by atoms with E-state index in [-0.39, 0.29) is 41.5 Å². The van der Waals surface area contributed by atoms with Crippen LogP contribution >= 0.6 is 0 Å². The van der Waals surface area contributed by atoms with Gasteiger partial charge in [-0.15, -0.1) is 0 Å². The topological polar surface area (TPSA) is 96.0 Å². The first-order valence-electron chi connectivity index (χ1n) is 15.4. The maximum atomic E-state index is 15.1. The summed E-state index contributed by atoms with van der Waals surface area (Å²) in [6.07, 6.45) is 1.73. The van der Waals surface area contributed by atoms with Gasteiger partial charge in [-0.3, -0.25) is 13.9 Å². The summed E-state index contributed by atoms with van der Waals surface area (Å²) in [7, 11) is -4.30. The number of anilines is 1. The first kappa shape index (κ1) is 34.2. The second-order valence-corrected chi connectivity index (χ2v) is 12.6. The highest BCUT2D eigenvalue weighted by atomic mass is 32.2. The quantitative estimate of drug-likeness (QED) is 0.151. The van der Waals surface area contributed by atoms with Crippen LogP contribution in [0.3, 0.4) is 0 Å². The number of hydrogen-bond acceptors (Lipinski definition) is 5. The van der Waals surface area contributed by atoms with Crippen LogP contribution in [0.5, 0.6) is 5.75 Å². The molecule has 4 aromatic carbocycles. The van der Waals surface area contributed by atoms with Gasteiger partial charge in [-0.2, -0.15) is 0 Å². The summed E-state index contributed by atoms with van der Waals surface area (Å²) < 4.78 is 50.2. The van der Waals surface area contributed by atoms with Crippen molar-refractivity contribution in [2.75, 3.05) is 24.0 Å². The van der Waals surface area contributed by atoms with Gasteiger partial charge in [0.25, 0.3) is 10.0 Å². The van der Waals surface area contributed by atoms with Gasteiger partial charge < -0.3 is 15.0 Å². The fourth-order valence-electron chi connectivity index (χ4n) is 5.04. The molecule has 8 nitrogen and oxygen atoms in total. The van der Waals surface area contributed by atoms with E-state index in [2.05, 4.69) is 5.32 Å². The number of carbonyl (C=O) groups excluding carboxylic acids is 2. The molecular weight excluding hydrogens is 605 g/mol. The molecule has 0 unspecified atom stereocenters. The molecule has 0 aliphatic heterocycles. The predicted molar refractivity (Wildman–Crippen MR) is 177 cm³/mol. The standard InChI is InChI=1S/C36H40FN3O5S/c1-3-5-24-38-36(42)33(25-28-16-8-6-9-17-28)39(26-29-18-12-13-21-31(29)37)35(41)27-40(32-22-14-15-23-34(32)45-4-2)46(43,44)30-19-10-7-11-20-30/h6-23,33H,3-5,24-27H2,1-2H3,(H,38,42)/t33-/m1/s1. The minimum absolute atomic E-state index is 0.0205. The summed E-state index contributed by atoms with van der Waals surface area (Å²) in [6, 6.07) is 28.6. The van der Waals surface area contributed by atoms with Crippen LogP contribution in [0, 0.1) is 5.82 Å². The van der Waals surface area contributed by atoms with E-state index >= 15 is 4.39 Å². The molecule has 46 heavy (non-hydrogen) atoms. The number of hydrogen-bond donors (Lipinski definition) is 1. The number of rotatable bonds is 16. The van der Waals surface area contributed by atoms with Gasteiger partial charge in [0.1, 0.15) is 24.2 Å². The molecule has 4 rings (SSSR count). The Kier molecular flexibility index (Phi) is 12.3. The molecule has 242 valence electrons. The smallest absolute Gasteiger partial charge is 0.264 e. The van der Waals surface area contributed by atoms with Crippen LogP contribution in [0.1, 0.15) is 37.8 Å². The molecule has 4 aromatic rings. The third kappa shape index (κ3) is 8.72.